The van der Waals surface area contributed by atoms with E-state index in [4.69, 9.17) is 22.5 Å². The molecule has 158 valence electrons. The number of hydrogen-bond donors (Lipinski definition) is 4. The molecule has 0 bridgehead atoms. The summed E-state index contributed by atoms with van der Waals surface area (Å²) in [6.45, 7) is 4.00. The fourth-order valence-electron chi connectivity index (χ4n) is 2.50. The van der Waals surface area contributed by atoms with E-state index in [0.29, 0.717) is 21.0 Å². The van der Waals surface area contributed by atoms with E-state index in [1.807, 2.05) is 13.8 Å². The first-order chi connectivity index (χ1) is 14.3. The molecule has 0 radical (unpaired) electrons. The zero-order chi connectivity index (χ0) is 22.4. The molecule has 1 heterocycles. The van der Waals surface area contributed by atoms with E-state index in [-0.39, 0.29) is 21.8 Å². The number of anilines is 2. The lowest BCUT2D eigenvalue weighted by molar-refractivity contribution is 0.0699. The highest BCUT2D eigenvalue weighted by atomic mass is 35.5. The molecule has 0 aliphatic rings. The molecule has 6 N–H and O–H groups in total. The number of nitrogen functional groups attached to an aromatic ring is 1. The van der Waals surface area contributed by atoms with Crippen molar-refractivity contribution in [3.8, 4) is 10.4 Å². The molecule has 0 saturated heterocycles. The number of carbonyl (C=O) groups is 2. The predicted octanol–water partition coefficient (Wildman–Crippen LogP) is 5.73. The Hall–Kier alpha value is -2.59. The van der Waals surface area contributed by atoms with Crippen LogP contribution in [0.4, 0.5) is 15.8 Å². The highest BCUT2D eigenvalue weighted by molar-refractivity contribution is 7.97. The van der Waals surface area contributed by atoms with Gasteiger partial charge >= 0.3 is 5.97 Å². The summed E-state index contributed by atoms with van der Waals surface area (Å²) in [6.07, 6.45) is 0. The third kappa shape index (κ3) is 5.11. The van der Waals surface area contributed by atoms with Crippen molar-refractivity contribution >= 4 is 58.1 Å². The molecular formula is C20H19ClFN3O3S2. The van der Waals surface area contributed by atoms with Crippen molar-refractivity contribution in [1.82, 2.24) is 0 Å². The van der Waals surface area contributed by atoms with Crippen LogP contribution in [0.5, 0.6) is 0 Å². The van der Waals surface area contributed by atoms with Crippen LogP contribution in [0.2, 0.25) is 5.02 Å². The number of aromatic carboxylic acids is 1. The van der Waals surface area contributed by atoms with E-state index in [1.165, 1.54) is 29.6 Å². The largest absolute Gasteiger partial charge is 0.478 e. The molecule has 0 saturated carbocycles. The summed E-state index contributed by atoms with van der Waals surface area (Å²) in [7, 11) is 0. The number of amides is 1. The quantitative estimate of drug-likeness (QED) is 0.281. The van der Waals surface area contributed by atoms with Gasteiger partial charge in [-0.2, -0.15) is 0 Å². The molecule has 0 aliphatic carbocycles. The molecular weight excluding hydrogens is 449 g/mol. The third-order valence-corrected chi connectivity index (χ3v) is 5.80. The van der Waals surface area contributed by atoms with Gasteiger partial charge in [0.15, 0.2) is 0 Å². The lowest BCUT2D eigenvalue weighted by Crippen LogP contribution is -2.14. The van der Waals surface area contributed by atoms with Gasteiger partial charge in [-0.1, -0.05) is 31.5 Å². The Bertz CT molecular complexity index is 1090. The topological polar surface area (TPSA) is 118 Å². The van der Waals surface area contributed by atoms with Crippen LogP contribution in [0, 0.1) is 5.82 Å². The van der Waals surface area contributed by atoms with E-state index in [0.717, 1.165) is 29.4 Å². The molecule has 0 unspecified atom stereocenters. The van der Waals surface area contributed by atoms with Gasteiger partial charge in [-0.3, -0.25) is 9.93 Å². The second kappa shape index (κ2) is 10.4. The Balaban J connectivity index is 0.00000155. The fourth-order valence-corrected chi connectivity index (χ4v) is 3.95. The van der Waals surface area contributed by atoms with Crippen molar-refractivity contribution in [3.05, 3.63) is 63.7 Å². The van der Waals surface area contributed by atoms with Crippen LogP contribution in [0.3, 0.4) is 0 Å². The maximum absolute atomic E-state index is 13.8. The number of carbonyl (C=O) groups excluding carboxylic acids is 1. The molecule has 0 atom stereocenters. The van der Waals surface area contributed by atoms with Gasteiger partial charge in [0.1, 0.15) is 11.4 Å². The third-order valence-electron chi connectivity index (χ3n) is 3.83. The Labute approximate surface area is 186 Å². The number of thiophene rings is 1. The second-order valence-corrected chi connectivity index (χ2v) is 7.57. The maximum atomic E-state index is 13.8. The maximum Gasteiger partial charge on any atom is 0.339 e. The Morgan fingerprint density at radius 1 is 1.20 bits per heavy atom. The molecule has 10 heteroatoms. The van der Waals surface area contributed by atoms with Gasteiger partial charge in [-0.15, -0.1) is 11.3 Å². The number of carboxylic acids is 1. The van der Waals surface area contributed by atoms with E-state index in [1.54, 1.807) is 6.07 Å². The predicted molar refractivity (Wildman–Crippen MR) is 122 cm³/mol. The highest BCUT2D eigenvalue weighted by Crippen LogP contribution is 2.37. The zero-order valence-electron chi connectivity index (χ0n) is 16.0. The molecule has 30 heavy (non-hydrogen) atoms. The van der Waals surface area contributed by atoms with Gasteiger partial charge in [0, 0.05) is 21.5 Å². The number of halogens is 2. The van der Waals surface area contributed by atoms with Crippen molar-refractivity contribution in [2.45, 2.75) is 18.7 Å². The van der Waals surface area contributed by atoms with Gasteiger partial charge in [0.25, 0.3) is 5.91 Å². The van der Waals surface area contributed by atoms with Gasteiger partial charge in [-0.25, -0.2) is 9.18 Å². The molecule has 3 aromatic rings. The first-order valence-corrected chi connectivity index (χ1v) is 10.8. The summed E-state index contributed by atoms with van der Waals surface area (Å²) >= 11 is 7.71. The minimum absolute atomic E-state index is 0.0672. The molecule has 2 aromatic carbocycles. The SMILES string of the molecule is CC.NSc1ccc(C(=O)Nc2csc(-c3ccc(Cl)c(F)c3)c2C(=O)O)cc1N. The number of nitrogens with two attached hydrogens (primary N) is 2. The van der Waals surface area contributed by atoms with Crippen molar-refractivity contribution in [2.24, 2.45) is 5.14 Å². The monoisotopic (exact) mass is 467 g/mol. The summed E-state index contributed by atoms with van der Waals surface area (Å²) in [6, 6.07) is 8.59. The summed E-state index contributed by atoms with van der Waals surface area (Å²) in [5, 5.41) is 19.1. The van der Waals surface area contributed by atoms with E-state index in [9.17, 15) is 19.1 Å². The normalized spacial score (nSPS) is 10.2. The van der Waals surface area contributed by atoms with E-state index >= 15 is 0 Å². The van der Waals surface area contributed by atoms with Crippen LogP contribution in [0.15, 0.2) is 46.7 Å². The van der Waals surface area contributed by atoms with E-state index < -0.39 is 17.7 Å². The van der Waals surface area contributed by atoms with Crippen molar-refractivity contribution in [3.63, 3.8) is 0 Å². The summed E-state index contributed by atoms with van der Waals surface area (Å²) in [4.78, 5) is 25.2. The Morgan fingerprint density at radius 2 is 1.90 bits per heavy atom. The Morgan fingerprint density at radius 3 is 2.47 bits per heavy atom. The standard InChI is InChI=1S/C18H13ClFN3O3S2.C2H6/c19-10-3-1-8(5-11(10)20)16-15(18(25)26)13(7-27-16)23-17(24)9-2-4-14(28-22)12(21)6-9;1-2/h1-7H,21-22H2,(H,23,24)(H,25,26);1-2H3. The van der Waals surface area contributed by atoms with Gasteiger partial charge < -0.3 is 16.2 Å². The number of hydrogen-bond acceptors (Lipinski definition) is 6. The lowest BCUT2D eigenvalue weighted by atomic mass is 10.1. The molecule has 1 aromatic heterocycles. The van der Waals surface area contributed by atoms with Crippen LogP contribution in [-0.4, -0.2) is 17.0 Å². The van der Waals surface area contributed by atoms with Gasteiger partial charge in [0.2, 0.25) is 0 Å². The molecule has 3 rings (SSSR count). The van der Waals surface area contributed by atoms with Crippen molar-refractivity contribution < 1.29 is 19.1 Å². The molecule has 1 amide bonds. The second-order valence-electron chi connectivity index (χ2n) is 5.61. The first-order valence-electron chi connectivity index (χ1n) is 8.69. The number of rotatable bonds is 5. The summed E-state index contributed by atoms with van der Waals surface area (Å²) < 4.78 is 13.8. The summed E-state index contributed by atoms with van der Waals surface area (Å²) in [5.74, 6) is -2.45. The van der Waals surface area contributed by atoms with Crippen LogP contribution >= 0.6 is 34.9 Å². The number of nitrogens with one attached hydrogen (secondary N) is 1. The number of carboxylic acid groups (broad SMARTS) is 1. The average Bonchev–Trinajstić information content (AvgIpc) is 3.15. The van der Waals surface area contributed by atoms with Crippen molar-refractivity contribution in [2.75, 3.05) is 11.1 Å². The Kier molecular flexibility index (Phi) is 8.24. The van der Waals surface area contributed by atoms with Gasteiger partial charge in [-0.05, 0) is 47.8 Å². The molecule has 6 nitrogen and oxygen atoms in total. The fraction of sp³-hybridized carbons (Fsp3) is 0.100. The van der Waals surface area contributed by atoms with E-state index in [2.05, 4.69) is 5.32 Å². The van der Waals surface area contributed by atoms with Crippen molar-refractivity contribution in [1.29, 1.82) is 0 Å². The van der Waals surface area contributed by atoms with Crippen LogP contribution in [0.1, 0.15) is 34.6 Å². The highest BCUT2D eigenvalue weighted by Gasteiger charge is 2.22. The minimum atomic E-state index is -1.25. The van der Waals surface area contributed by atoms with Gasteiger partial charge in [0.05, 0.1) is 15.6 Å². The number of benzene rings is 2. The lowest BCUT2D eigenvalue weighted by Gasteiger charge is -2.08. The average molecular weight is 468 g/mol. The smallest absolute Gasteiger partial charge is 0.339 e. The minimum Gasteiger partial charge on any atom is -0.478 e. The molecule has 0 aliphatic heterocycles. The zero-order valence-corrected chi connectivity index (χ0v) is 18.4. The molecule has 0 spiro atoms. The first kappa shape index (κ1) is 23.7. The molecule has 0 fully saturated rings. The van der Waals surface area contributed by atoms with Crippen LogP contribution in [-0.2, 0) is 0 Å². The van der Waals surface area contributed by atoms with Crippen LogP contribution < -0.4 is 16.2 Å². The summed E-state index contributed by atoms with van der Waals surface area (Å²) in [5.41, 5.74) is 6.72. The van der Waals surface area contributed by atoms with Crippen LogP contribution in [0.25, 0.3) is 10.4 Å².